The SMILES string of the molecule is COC(=O)C(N)c1cc2ncccn2n1. The Morgan fingerprint density at radius 2 is 2.47 bits per heavy atom. The maximum Gasteiger partial charge on any atom is 0.328 e. The van der Waals surface area contributed by atoms with E-state index in [1.807, 2.05) is 0 Å². The van der Waals surface area contributed by atoms with E-state index in [9.17, 15) is 4.79 Å². The maximum atomic E-state index is 11.2. The average molecular weight is 206 g/mol. The number of nitrogens with two attached hydrogens (primary N) is 1. The van der Waals surface area contributed by atoms with Crippen LogP contribution in [0.2, 0.25) is 0 Å². The Hall–Kier alpha value is -1.95. The molecule has 6 nitrogen and oxygen atoms in total. The molecule has 0 fully saturated rings. The van der Waals surface area contributed by atoms with E-state index < -0.39 is 12.0 Å². The first kappa shape index (κ1) is 9.60. The Morgan fingerprint density at radius 3 is 3.13 bits per heavy atom. The van der Waals surface area contributed by atoms with Gasteiger partial charge in [0.05, 0.1) is 12.8 Å². The smallest absolute Gasteiger partial charge is 0.328 e. The summed E-state index contributed by atoms with van der Waals surface area (Å²) >= 11 is 0. The molecule has 6 heteroatoms. The molecular formula is C9H10N4O2. The van der Waals surface area contributed by atoms with Gasteiger partial charge in [-0.25, -0.2) is 14.3 Å². The number of esters is 1. The van der Waals surface area contributed by atoms with Gasteiger partial charge in [0.25, 0.3) is 0 Å². The van der Waals surface area contributed by atoms with E-state index in [0.717, 1.165) is 0 Å². The van der Waals surface area contributed by atoms with E-state index in [1.54, 1.807) is 29.0 Å². The monoisotopic (exact) mass is 206 g/mol. The highest BCUT2D eigenvalue weighted by molar-refractivity contribution is 5.77. The standard InChI is InChI=1S/C9H10N4O2/c1-15-9(14)8(10)6-5-7-11-3-2-4-13(7)12-6/h2-5,8H,10H2,1H3. The number of hydrogen-bond acceptors (Lipinski definition) is 5. The molecule has 1 atom stereocenters. The Kier molecular flexibility index (Phi) is 2.34. The summed E-state index contributed by atoms with van der Waals surface area (Å²) in [5, 5.41) is 4.11. The molecule has 0 radical (unpaired) electrons. The lowest BCUT2D eigenvalue weighted by atomic mass is 10.2. The number of carbonyl (C=O) groups is 1. The number of ether oxygens (including phenoxy) is 1. The highest BCUT2D eigenvalue weighted by Crippen LogP contribution is 2.11. The van der Waals surface area contributed by atoms with E-state index >= 15 is 0 Å². The topological polar surface area (TPSA) is 82.5 Å². The van der Waals surface area contributed by atoms with Crippen LogP contribution in [-0.4, -0.2) is 27.7 Å². The highest BCUT2D eigenvalue weighted by atomic mass is 16.5. The van der Waals surface area contributed by atoms with E-state index in [1.165, 1.54) is 7.11 Å². The molecule has 0 aliphatic carbocycles. The number of rotatable bonds is 2. The fraction of sp³-hybridized carbons (Fsp3) is 0.222. The Balaban J connectivity index is 2.40. The first-order valence-corrected chi connectivity index (χ1v) is 4.36. The predicted octanol–water partition coefficient (Wildman–Crippen LogP) is -0.0979. The Morgan fingerprint density at radius 1 is 1.67 bits per heavy atom. The highest BCUT2D eigenvalue weighted by Gasteiger charge is 2.19. The van der Waals surface area contributed by atoms with Gasteiger partial charge < -0.3 is 10.5 Å². The van der Waals surface area contributed by atoms with Crippen LogP contribution < -0.4 is 5.73 Å². The number of nitrogens with zero attached hydrogens (tertiary/aromatic N) is 3. The van der Waals surface area contributed by atoms with Gasteiger partial charge in [-0.1, -0.05) is 0 Å². The van der Waals surface area contributed by atoms with Crippen LogP contribution in [0.3, 0.4) is 0 Å². The first-order valence-electron chi connectivity index (χ1n) is 4.36. The van der Waals surface area contributed by atoms with Crippen LogP contribution in [0.1, 0.15) is 11.7 Å². The lowest BCUT2D eigenvalue weighted by Crippen LogP contribution is -2.23. The van der Waals surface area contributed by atoms with Gasteiger partial charge in [-0.15, -0.1) is 0 Å². The van der Waals surface area contributed by atoms with Crippen molar-refractivity contribution in [1.29, 1.82) is 0 Å². The summed E-state index contributed by atoms with van der Waals surface area (Å²) in [4.78, 5) is 15.2. The summed E-state index contributed by atoms with van der Waals surface area (Å²) in [6.07, 6.45) is 3.38. The van der Waals surface area contributed by atoms with Crippen LogP contribution in [0.4, 0.5) is 0 Å². The number of fused-ring (bicyclic) bond motifs is 1. The zero-order valence-electron chi connectivity index (χ0n) is 8.12. The summed E-state index contributed by atoms with van der Waals surface area (Å²) in [6.45, 7) is 0. The fourth-order valence-corrected chi connectivity index (χ4v) is 1.25. The van der Waals surface area contributed by atoms with Crippen LogP contribution in [0, 0.1) is 0 Å². The molecule has 1 unspecified atom stereocenters. The molecule has 0 spiro atoms. The summed E-state index contributed by atoms with van der Waals surface area (Å²) < 4.78 is 6.08. The van der Waals surface area contributed by atoms with Crippen molar-refractivity contribution in [2.45, 2.75) is 6.04 Å². The van der Waals surface area contributed by atoms with Crippen molar-refractivity contribution >= 4 is 11.6 Å². The van der Waals surface area contributed by atoms with Gasteiger partial charge in [0, 0.05) is 18.5 Å². The quantitative estimate of drug-likeness (QED) is 0.694. The molecule has 0 aromatic carbocycles. The van der Waals surface area contributed by atoms with Crippen molar-refractivity contribution in [3.8, 4) is 0 Å². The van der Waals surface area contributed by atoms with Gasteiger partial charge in [0.15, 0.2) is 5.65 Å². The second-order valence-corrected chi connectivity index (χ2v) is 2.99. The minimum absolute atomic E-state index is 0.445. The van der Waals surface area contributed by atoms with Gasteiger partial charge in [0.2, 0.25) is 0 Å². The van der Waals surface area contributed by atoms with E-state index in [-0.39, 0.29) is 0 Å². The molecule has 2 rings (SSSR count). The van der Waals surface area contributed by atoms with Crippen molar-refractivity contribution in [2.75, 3.05) is 7.11 Å². The molecule has 0 amide bonds. The van der Waals surface area contributed by atoms with Crippen molar-refractivity contribution in [1.82, 2.24) is 14.6 Å². The Bertz CT molecular complexity index is 461. The van der Waals surface area contributed by atoms with E-state index in [4.69, 9.17) is 5.73 Å². The van der Waals surface area contributed by atoms with Crippen molar-refractivity contribution < 1.29 is 9.53 Å². The van der Waals surface area contributed by atoms with Crippen LogP contribution in [0.5, 0.6) is 0 Å². The fourth-order valence-electron chi connectivity index (χ4n) is 1.25. The zero-order valence-corrected chi connectivity index (χ0v) is 8.12. The van der Waals surface area contributed by atoms with E-state index in [2.05, 4.69) is 14.8 Å². The predicted molar refractivity (Wildman–Crippen MR) is 51.9 cm³/mol. The third kappa shape index (κ3) is 1.66. The Labute approximate surface area is 85.7 Å². The molecule has 2 aromatic rings. The molecule has 2 N–H and O–H groups in total. The zero-order chi connectivity index (χ0) is 10.8. The number of aromatic nitrogens is 3. The largest absolute Gasteiger partial charge is 0.468 e. The minimum atomic E-state index is -0.864. The number of hydrogen-bond donors (Lipinski definition) is 1. The maximum absolute atomic E-state index is 11.2. The third-order valence-electron chi connectivity index (χ3n) is 2.03. The number of methoxy groups -OCH3 is 1. The van der Waals surface area contributed by atoms with Gasteiger partial charge in [-0.3, -0.25) is 0 Å². The molecular weight excluding hydrogens is 196 g/mol. The lowest BCUT2D eigenvalue weighted by molar-refractivity contribution is -0.142. The second-order valence-electron chi connectivity index (χ2n) is 2.99. The van der Waals surface area contributed by atoms with Gasteiger partial charge in [-0.05, 0) is 6.07 Å². The van der Waals surface area contributed by atoms with Crippen molar-refractivity contribution in [3.63, 3.8) is 0 Å². The minimum Gasteiger partial charge on any atom is -0.468 e. The van der Waals surface area contributed by atoms with Crippen LogP contribution >= 0.6 is 0 Å². The van der Waals surface area contributed by atoms with Gasteiger partial charge in [-0.2, -0.15) is 5.10 Å². The molecule has 78 valence electrons. The summed E-state index contributed by atoms with van der Waals surface area (Å²) in [7, 11) is 1.29. The first-order chi connectivity index (χ1) is 7.22. The van der Waals surface area contributed by atoms with Crippen molar-refractivity contribution in [2.24, 2.45) is 5.73 Å². The second kappa shape index (κ2) is 3.66. The van der Waals surface area contributed by atoms with Crippen LogP contribution in [0.15, 0.2) is 24.5 Å². The molecule has 0 aliphatic rings. The summed E-state index contributed by atoms with van der Waals surface area (Å²) in [6, 6.07) is 2.53. The normalized spacial score (nSPS) is 12.7. The van der Waals surface area contributed by atoms with Gasteiger partial charge >= 0.3 is 5.97 Å². The summed E-state index contributed by atoms with van der Waals surface area (Å²) in [5.41, 5.74) is 6.72. The average Bonchev–Trinajstić information content (AvgIpc) is 2.70. The molecule has 0 bridgehead atoms. The molecule has 0 saturated carbocycles. The summed E-state index contributed by atoms with van der Waals surface area (Å²) in [5.74, 6) is -0.515. The van der Waals surface area contributed by atoms with Crippen LogP contribution in [0.25, 0.3) is 5.65 Å². The lowest BCUT2D eigenvalue weighted by Gasteiger charge is -2.04. The molecule has 2 heterocycles. The van der Waals surface area contributed by atoms with E-state index in [0.29, 0.717) is 11.3 Å². The van der Waals surface area contributed by atoms with Crippen molar-refractivity contribution in [3.05, 3.63) is 30.2 Å². The third-order valence-corrected chi connectivity index (χ3v) is 2.03. The molecule has 15 heavy (non-hydrogen) atoms. The molecule has 2 aromatic heterocycles. The molecule has 0 saturated heterocycles. The number of carbonyl (C=O) groups excluding carboxylic acids is 1. The van der Waals surface area contributed by atoms with Gasteiger partial charge in [0.1, 0.15) is 6.04 Å². The van der Waals surface area contributed by atoms with Crippen LogP contribution in [-0.2, 0) is 9.53 Å². The molecule has 0 aliphatic heterocycles.